The van der Waals surface area contributed by atoms with Crippen molar-refractivity contribution in [2.24, 2.45) is 52.3 Å². The molecule has 0 heterocycles. The minimum Gasteiger partial charge on any atom is -0.462 e. The molecule has 0 amide bonds. The van der Waals surface area contributed by atoms with Crippen LogP contribution in [0.2, 0.25) is 0 Å². The van der Waals surface area contributed by atoms with Crippen LogP contribution in [0, 0.1) is 52.3 Å². The largest absolute Gasteiger partial charge is 0.462 e. The van der Waals surface area contributed by atoms with E-state index in [2.05, 4.69) is 78.5 Å². The number of carbonyl (C=O) groups is 2. The molecule has 10 atom stereocenters. The normalized spacial score (nSPS) is 26.9. The maximum Gasteiger partial charge on any atom is 0.306 e. The number of nitrogens with zero attached hydrogens (tertiary/aromatic N) is 1. The number of hydrogen-bond acceptors (Lipinski definition) is 6. The molecule has 0 bridgehead atoms. The van der Waals surface area contributed by atoms with Crippen molar-refractivity contribution in [1.29, 1.82) is 0 Å². The lowest BCUT2D eigenvalue weighted by molar-refractivity contribution is -0.150. The van der Waals surface area contributed by atoms with Crippen LogP contribution < -0.4 is 0 Å². The first-order valence-electron chi connectivity index (χ1n) is 29.8. The summed E-state index contributed by atoms with van der Waals surface area (Å²) in [4.78, 5) is 25.5. The number of fused-ring (bicyclic) bond motifs is 5. The van der Waals surface area contributed by atoms with Crippen molar-refractivity contribution < 1.29 is 24.2 Å². The Labute approximate surface area is 422 Å². The van der Waals surface area contributed by atoms with E-state index in [9.17, 15) is 9.59 Å². The zero-order chi connectivity index (χ0) is 49.6. The first-order valence-corrected chi connectivity index (χ1v) is 29.8. The molecule has 0 aromatic heterocycles. The standard InChI is InChI=1S/C32H63NO4.C30H50O/c1-3-5-7-9-10-16-24-31(23-15-8-6-4-2)37-32(36)25-17-11-12-18-26-33(28-20-22-30-35)27-19-13-14-21-29-34;1-8-22(20(2)3)10-9-21(4)26-13-14-27-25-12-11-23-19-24(31-7)15-17-29(23,5)28(25)16-18-30(26,27)6/h29,31,35H,3-28,30H2,1-2H3;9-11,20-22,24-28H,8,12-19H2,1-7H3/b;10-9+. The summed E-state index contributed by atoms with van der Waals surface area (Å²) in [5.41, 5.74) is 2.75. The third kappa shape index (κ3) is 20.5. The monoisotopic (exact) mass is 952 g/mol. The van der Waals surface area contributed by atoms with Gasteiger partial charge in [0.15, 0.2) is 0 Å². The number of aliphatic hydroxyl groups is 1. The zero-order valence-corrected chi connectivity index (χ0v) is 46.5. The molecule has 3 fully saturated rings. The smallest absolute Gasteiger partial charge is 0.306 e. The molecule has 0 aromatic rings. The fraction of sp³-hybridized carbons (Fsp3) is 0.903. The molecule has 4 aliphatic rings. The van der Waals surface area contributed by atoms with Gasteiger partial charge in [-0.15, -0.1) is 0 Å². The lowest BCUT2D eigenvalue weighted by atomic mass is 9.47. The molecule has 68 heavy (non-hydrogen) atoms. The fourth-order valence-corrected chi connectivity index (χ4v) is 14.0. The number of aldehydes is 1. The number of allylic oxidation sites excluding steroid dienone is 3. The molecule has 0 aromatic carbocycles. The van der Waals surface area contributed by atoms with Crippen LogP contribution in [0.4, 0.5) is 0 Å². The highest BCUT2D eigenvalue weighted by Gasteiger charge is 2.59. The van der Waals surface area contributed by atoms with Gasteiger partial charge in [0.2, 0.25) is 0 Å². The van der Waals surface area contributed by atoms with Gasteiger partial charge in [-0.3, -0.25) is 4.79 Å². The van der Waals surface area contributed by atoms with Crippen LogP contribution in [0.5, 0.6) is 0 Å². The molecule has 4 rings (SSSR count). The van der Waals surface area contributed by atoms with Crippen LogP contribution >= 0.6 is 0 Å². The summed E-state index contributed by atoms with van der Waals surface area (Å²) < 4.78 is 11.7. The van der Waals surface area contributed by atoms with E-state index in [1.807, 2.05) is 7.11 Å². The number of aliphatic hydroxyl groups excluding tert-OH is 1. The second-order valence-electron chi connectivity index (χ2n) is 23.6. The van der Waals surface area contributed by atoms with E-state index in [1.165, 1.54) is 122 Å². The van der Waals surface area contributed by atoms with Crippen molar-refractivity contribution >= 4 is 12.3 Å². The Hall–Kier alpha value is -1.50. The summed E-state index contributed by atoms with van der Waals surface area (Å²) in [7, 11) is 1.91. The summed E-state index contributed by atoms with van der Waals surface area (Å²) >= 11 is 0. The quantitative estimate of drug-likeness (QED) is 0.0292. The minimum absolute atomic E-state index is 0.00688. The molecule has 4 aliphatic carbocycles. The maximum absolute atomic E-state index is 12.5. The Kier molecular flexibility index (Phi) is 31.1. The van der Waals surface area contributed by atoms with Gasteiger partial charge in [0.05, 0.1) is 6.10 Å². The summed E-state index contributed by atoms with van der Waals surface area (Å²) in [6.45, 7) is 22.9. The molecule has 10 unspecified atom stereocenters. The van der Waals surface area contributed by atoms with Gasteiger partial charge in [0.25, 0.3) is 0 Å². The van der Waals surface area contributed by atoms with Crippen molar-refractivity contribution in [2.75, 3.05) is 33.4 Å². The summed E-state index contributed by atoms with van der Waals surface area (Å²) in [5, 5.41) is 9.08. The Bertz CT molecular complexity index is 1380. The number of hydrogen-bond donors (Lipinski definition) is 1. The predicted molar refractivity (Wildman–Crippen MR) is 290 cm³/mol. The molecule has 0 aliphatic heterocycles. The van der Waals surface area contributed by atoms with Crippen LogP contribution in [0.3, 0.4) is 0 Å². The van der Waals surface area contributed by atoms with Crippen molar-refractivity contribution in [1.82, 2.24) is 4.90 Å². The third-order valence-electron chi connectivity index (χ3n) is 18.4. The van der Waals surface area contributed by atoms with E-state index >= 15 is 0 Å². The van der Waals surface area contributed by atoms with Gasteiger partial charge in [-0.1, -0.05) is 150 Å². The van der Waals surface area contributed by atoms with E-state index in [-0.39, 0.29) is 18.7 Å². The second-order valence-corrected chi connectivity index (χ2v) is 23.6. The van der Waals surface area contributed by atoms with Crippen LogP contribution in [-0.2, 0) is 19.1 Å². The molecule has 1 N–H and O–H groups in total. The lowest BCUT2D eigenvalue weighted by Crippen LogP contribution is -2.50. The highest BCUT2D eigenvalue weighted by molar-refractivity contribution is 5.69. The maximum atomic E-state index is 12.5. The third-order valence-corrected chi connectivity index (χ3v) is 18.4. The van der Waals surface area contributed by atoms with Gasteiger partial charge in [-0.05, 0) is 194 Å². The van der Waals surface area contributed by atoms with Gasteiger partial charge >= 0.3 is 5.97 Å². The molecule has 6 nitrogen and oxygen atoms in total. The molecule has 0 spiro atoms. The van der Waals surface area contributed by atoms with Gasteiger partial charge in [0, 0.05) is 26.6 Å². The first kappa shape index (κ1) is 60.8. The van der Waals surface area contributed by atoms with Gasteiger partial charge in [0.1, 0.15) is 12.4 Å². The highest BCUT2D eigenvalue weighted by Crippen LogP contribution is 2.67. The SMILES string of the molecule is CCC(/C=C/C(C)C1CCC2C3CC=C4CC(OC)CCC4(C)C3CCC12C)C(C)C.CCCCCCCCC(CCCCCC)OC(=O)CCCCCCN(CCCCO)CCCCCC=O. The first-order chi connectivity index (χ1) is 32.9. The van der Waals surface area contributed by atoms with Gasteiger partial charge < -0.3 is 24.3 Å². The van der Waals surface area contributed by atoms with Crippen LogP contribution in [-0.4, -0.2) is 67.8 Å². The molecule has 6 heteroatoms. The molecule has 0 saturated heterocycles. The molecule has 3 saturated carbocycles. The van der Waals surface area contributed by atoms with E-state index in [0.717, 1.165) is 138 Å². The Morgan fingerprint density at radius 3 is 2.00 bits per heavy atom. The average molecular weight is 953 g/mol. The van der Waals surface area contributed by atoms with E-state index < -0.39 is 0 Å². The van der Waals surface area contributed by atoms with Crippen LogP contribution in [0.25, 0.3) is 0 Å². The zero-order valence-electron chi connectivity index (χ0n) is 46.5. The Morgan fingerprint density at radius 2 is 1.37 bits per heavy atom. The fourth-order valence-electron chi connectivity index (χ4n) is 14.0. The number of esters is 1. The van der Waals surface area contributed by atoms with E-state index in [1.54, 1.807) is 5.57 Å². The average Bonchev–Trinajstić information content (AvgIpc) is 3.69. The number of rotatable bonds is 36. The topological polar surface area (TPSA) is 76.1 Å². The second kappa shape index (κ2) is 34.8. The Morgan fingerprint density at radius 1 is 0.750 bits per heavy atom. The van der Waals surface area contributed by atoms with Crippen LogP contribution in [0.15, 0.2) is 23.8 Å². The van der Waals surface area contributed by atoms with E-state index in [4.69, 9.17) is 14.6 Å². The number of methoxy groups -OCH3 is 1. The van der Waals surface area contributed by atoms with Gasteiger partial charge in [-0.25, -0.2) is 0 Å². The van der Waals surface area contributed by atoms with Crippen molar-refractivity contribution in [3.8, 4) is 0 Å². The molecular formula is C62H113NO5. The summed E-state index contributed by atoms with van der Waals surface area (Å²) in [6.07, 6.45) is 47.1. The Balaban J connectivity index is 0.000000364. The minimum atomic E-state index is 0.00688. The number of carbonyl (C=O) groups excluding carboxylic acids is 2. The van der Waals surface area contributed by atoms with Crippen molar-refractivity contribution in [3.63, 3.8) is 0 Å². The lowest BCUT2D eigenvalue weighted by Gasteiger charge is -2.58. The van der Waals surface area contributed by atoms with Gasteiger partial charge in [-0.2, -0.15) is 0 Å². The number of unbranched alkanes of at least 4 members (excludes halogenated alkanes) is 15. The molecule has 0 radical (unpaired) electrons. The van der Waals surface area contributed by atoms with E-state index in [0.29, 0.717) is 29.8 Å². The number of ether oxygens (including phenoxy) is 2. The summed E-state index contributed by atoms with van der Waals surface area (Å²) in [5.74, 6) is 5.88. The molecule has 396 valence electrons. The van der Waals surface area contributed by atoms with Crippen molar-refractivity contribution in [3.05, 3.63) is 23.8 Å². The highest BCUT2D eigenvalue weighted by atomic mass is 16.5. The van der Waals surface area contributed by atoms with Crippen LogP contribution in [0.1, 0.15) is 261 Å². The van der Waals surface area contributed by atoms with Crippen molar-refractivity contribution in [2.45, 2.75) is 273 Å². The molecular weight excluding hydrogens is 839 g/mol. The predicted octanol–water partition coefficient (Wildman–Crippen LogP) is 16.9. The summed E-state index contributed by atoms with van der Waals surface area (Å²) in [6, 6.07) is 0.